The second-order valence-electron chi connectivity index (χ2n) is 3.83. The first-order chi connectivity index (χ1) is 8.20. The van der Waals surface area contributed by atoms with E-state index in [1.807, 2.05) is 32.0 Å². The molecule has 0 amide bonds. The van der Waals surface area contributed by atoms with E-state index in [9.17, 15) is 4.79 Å². The highest BCUT2D eigenvalue weighted by Crippen LogP contribution is 2.27. The summed E-state index contributed by atoms with van der Waals surface area (Å²) in [6.07, 6.45) is 2.53. The maximum atomic E-state index is 10.7. The minimum atomic E-state index is 0.604. The summed E-state index contributed by atoms with van der Waals surface area (Å²) in [5, 5.41) is 0. The van der Waals surface area contributed by atoms with Gasteiger partial charge in [0.05, 0.1) is 5.69 Å². The number of aryl methyl sites for hydroxylation is 2. The number of aldehydes is 1. The van der Waals surface area contributed by atoms with Gasteiger partial charge in [0, 0.05) is 11.8 Å². The Morgan fingerprint density at radius 1 is 1.18 bits per heavy atom. The van der Waals surface area contributed by atoms with Crippen molar-refractivity contribution in [1.82, 2.24) is 4.98 Å². The van der Waals surface area contributed by atoms with Gasteiger partial charge in [0.15, 0.2) is 0 Å². The van der Waals surface area contributed by atoms with Crippen LogP contribution in [0.25, 0.3) is 0 Å². The van der Waals surface area contributed by atoms with Crippen molar-refractivity contribution in [3.8, 4) is 11.5 Å². The van der Waals surface area contributed by atoms with E-state index in [4.69, 9.17) is 4.74 Å². The molecule has 1 heterocycles. The first-order valence-electron chi connectivity index (χ1n) is 5.36. The van der Waals surface area contributed by atoms with E-state index in [-0.39, 0.29) is 0 Å². The number of ether oxygens (including phenoxy) is 1. The SMILES string of the molecule is Cc1ccc(C=O)cc1Oc1cccnc1C. The smallest absolute Gasteiger partial charge is 0.150 e. The molecule has 0 aliphatic rings. The number of benzene rings is 1. The molecule has 2 aromatic rings. The van der Waals surface area contributed by atoms with E-state index in [1.54, 1.807) is 18.3 Å². The van der Waals surface area contributed by atoms with E-state index in [0.29, 0.717) is 17.1 Å². The number of rotatable bonds is 3. The molecule has 0 bridgehead atoms. The van der Waals surface area contributed by atoms with Gasteiger partial charge in [0.1, 0.15) is 17.8 Å². The summed E-state index contributed by atoms with van der Waals surface area (Å²) in [6.45, 7) is 3.82. The van der Waals surface area contributed by atoms with E-state index in [0.717, 1.165) is 17.5 Å². The van der Waals surface area contributed by atoms with Crippen molar-refractivity contribution in [1.29, 1.82) is 0 Å². The van der Waals surface area contributed by atoms with Gasteiger partial charge in [-0.25, -0.2) is 0 Å². The number of hydrogen-bond donors (Lipinski definition) is 0. The zero-order valence-corrected chi connectivity index (χ0v) is 9.81. The Balaban J connectivity index is 2.36. The molecule has 0 saturated heterocycles. The van der Waals surface area contributed by atoms with Crippen molar-refractivity contribution < 1.29 is 9.53 Å². The van der Waals surface area contributed by atoms with Gasteiger partial charge in [-0.1, -0.05) is 12.1 Å². The molecule has 17 heavy (non-hydrogen) atoms. The number of carbonyl (C=O) groups excluding carboxylic acids is 1. The molecule has 0 N–H and O–H groups in total. The van der Waals surface area contributed by atoms with Gasteiger partial charge in [-0.3, -0.25) is 9.78 Å². The van der Waals surface area contributed by atoms with E-state index in [2.05, 4.69) is 4.98 Å². The second-order valence-corrected chi connectivity index (χ2v) is 3.83. The Morgan fingerprint density at radius 3 is 2.71 bits per heavy atom. The van der Waals surface area contributed by atoms with Gasteiger partial charge in [-0.05, 0) is 37.6 Å². The van der Waals surface area contributed by atoms with Gasteiger partial charge in [-0.15, -0.1) is 0 Å². The average molecular weight is 227 g/mol. The van der Waals surface area contributed by atoms with Crippen LogP contribution in [0.3, 0.4) is 0 Å². The summed E-state index contributed by atoms with van der Waals surface area (Å²) in [5.74, 6) is 1.39. The fourth-order valence-corrected chi connectivity index (χ4v) is 1.50. The van der Waals surface area contributed by atoms with Gasteiger partial charge < -0.3 is 4.74 Å². The number of nitrogens with zero attached hydrogens (tertiary/aromatic N) is 1. The Morgan fingerprint density at radius 2 is 2.00 bits per heavy atom. The summed E-state index contributed by atoms with van der Waals surface area (Å²) >= 11 is 0. The number of aromatic nitrogens is 1. The lowest BCUT2D eigenvalue weighted by molar-refractivity contribution is 0.112. The molecule has 0 aliphatic carbocycles. The van der Waals surface area contributed by atoms with Crippen LogP contribution in [-0.4, -0.2) is 11.3 Å². The standard InChI is InChI=1S/C14H13NO2/c1-10-5-6-12(9-16)8-14(10)17-13-4-3-7-15-11(13)2/h3-9H,1-2H3. The predicted molar refractivity (Wildman–Crippen MR) is 65.6 cm³/mol. The molecular weight excluding hydrogens is 214 g/mol. The molecule has 1 aromatic heterocycles. The molecule has 3 heteroatoms. The normalized spacial score (nSPS) is 10.0. The fourth-order valence-electron chi connectivity index (χ4n) is 1.50. The topological polar surface area (TPSA) is 39.2 Å². The first-order valence-corrected chi connectivity index (χ1v) is 5.36. The molecule has 0 atom stereocenters. The Bertz CT molecular complexity index is 550. The molecule has 2 rings (SSSR count). The third-order valence-corrected chi connectivity index (χ3v) is 2.53. The van der Waals surface area contributed by atoms with Crippen LogP contribution in [0.15, 0.2) is 36.5 Å². The van der Waals surface area contributed by atoms with Crippen LogP contribution in [0.5, 0.6) is 11.5 Å². The van der Waals surface area contributed by atoms with Crippen molar-refractivity contribution in [2.45, 2.75) is 13.8 Å². The van der Waals surface area contributed by atoms with Crippen molar-refractivity contribution in [2.24, 2.45) is 0 Å². The largest absolute Gasteiger partial charge is 0.455 e. The lowest BCUT2D eigenvalue weighted by Crippen LogP contribution is -1.93. The Hall–Kier alpha value is -2.16. The third-order valence-electron chi connectivity index (χ3n) is 2.53. The molecule has 3 nitrogen and oxygen atoms in total. The number of carbonyl (C=O) groups is 1. The van der Waals surface area contributed by atoms with Crippen molar-refractivity contribution in [3.63, 3.8) is 0 Å². The fraction of sp³-hybridized carbons (Fsp3) is 0.143. The molecule has 0 radical (unpaired) electrons. The highest BCUT2D eigenvalue weighted by molar-refractivity contribution is 5.76. The molecule has 86 valence electrons. The summed E-state index contributed by atoms with van der Waals surface area (Å²) in [4.78, 5) is 14.9. The molecule has 1 aromatic carbocycles. The molecule has 0 fully saturated rings. The lowest BCUT2D eigenvalue weighted by atomic mass is 10.1. The van der Waals surface area contributed by atoms with Crippen molar-refractivity contribution in [2.75, 3.05) is 0 Å². The van der Waals surface area contributed by atoms with Crippen LogP contribution in [0, 0.1) is 13.8 Å². The summed E-state index contributed by atoms with van der Waals surface area (Å²) < 4.78 is 5.76. The molecule has 0 spiro atoms. The first kappa shape index (κ1) is 11.3. The minimum absolute atomic E-state index is 0.604. The van der Waals surface area contributed by atoms with Gasteiger partial charge in [0.2, 0.25) is 0 Å². The molecule has 0 aliphatic heterocycles. The Labute approximate surface area is 100 Å². The molecular formula is C14H13NO2. The second kappa shape index (κ2) is 4.78. The van der Waals surface area contributed by atoms with Crippen LogP contribution in [-0.2, 0) is 0 Å². The zero-order valence-electron chi connectivity index (χ0n) is 9.81. The van der Waals surface area contributed by atoms with Crippen LogP contribution in [0.4, 0.5) is 0 Å². The van der Waals surface area contributed by atoms with Crippen LogP contribution in [0.1, 0.15) is 21.6 Å². The van der Waals surface area contributed by atoms with Crippen LogP contribution >= 0.6 is 0 Å². The minimum Gasteiger partial charge on any atom is -0.455 e. The van der Waals surface area contributed by atoms with Crippen molar-refractivity contribution >= 4 is 6.29 Å². The number of hydrogen-bond acceptors (Lipinski definition) is 3. The predicted octanol–water partition coefficient (Wildman–Crippen LogP) is 3.30. The maximum Gasteiger partial charge on any atom is 0.150 e. The lowest BCUT2D eigenvalue weighted by Gasteiger charge is -2.10. The molecule has 0 unspecified atom stereocenters. The van der Waals surface area contributed by atoms with Gasteiger partial charge in [-0.2, -0.15) is 0 Å². The summed E-state index contributed by atoms with van der Waals surface area (Å²) in [7, 11) is 0. The zero-order chi connectivity index (χ0) is 12.3. The Kier molecular flexibility index (Phi) is 3.19. The van der Waals surface area contributed by atoms with Gasteiger partial charge in [0.25, 0.3) is 0 Å². The highest BCUT2D eigenvalue weighted by atomic mass is 16.5. The quantitative estimate of drug-likeness (QED) is 0.755. The third kappa shape index (κ3) is 2.50. The highest BCUT2D eigenvalue weighted by Gasteiger charge is 2.05. The van der Waals surface area contributed by atoms with Gasteiger partial charge >= 0.3 is 0 Å². The van der Waals surface area contributed by atoms with E-state index < -0.39 is 0 Å². The summed E-state index contributed by atoms with van der Waals surface area (Å²) in [5.41, 5.74) is 2.41. The van der Waals surface area contributed by atoms with Crippen LogP contribution < -0.4 is 4.74 Å². The van der Waals surface area contributed by atoms with E-state index in [1.165, 1.54) is 0 Å². The number of pyridine rings is 1. The average Bonchev–Trinajstić information content (AvgIpc) is 2.35. The maximum absolute atomic E-state index is 10.7. The van der Waals surface area contributed by atoms with E-state index >= 15 is 0 Å². The summed E-state index contributed by atoms with van der Waals surface area (Å²) in [6, 6.07) is 9.04. The monoisotopic (exact) mass is 227 g/mol. The van der Waals surface area contributed by atoms with Crippen LogP contribution in [0.2, 0.25) is 0 Å². The molecule has 0 saturated carbocycles. The van der Waals surface area contributed by atoms with Crippen molar-refractivity contribution in [3.05, 3.63) is 53.3 Å².